The maximum atomic E-state index is 12.2. The van der Waals surface area contributed by atoms with Crippen LogP contribution in [0.25, 0.3) is 5.57 Å². The van der Waals surface area contributed by atoms with E-state index in [1.165, 1.54) is 11.1 Å². The smallest absolute Gasteiger partial charge is 0.165 e. The van der Waals surface area contributed by atoms with Crippen molar-refractivity contribution in [1.29, 1.82) is 0 Å². The highest BCUT2D eigenvalue weighted by atomic mass is 16.1. The molecule has 0 fully saturated rings. The van der Waals surface area contributed by atoms with E-state index < -0.39 is 0 Å². The maximum Gasteiger partial charge on any atom is 0.165 e. The first-order valence-electron chi connectivity index (χ1n) is 6.77. The summed E-state index contributed by atoms with van der Waals surface area (Å²) in [5.74, 6) is 0.235. The molecular formula is C17H21NO. The Kier molecular flexibility index (Phi) is 3.70. The van der Waals surface area contributed by atoms with Crippen molar-refractivity contribution in [2.45, 2.75) is 34.6 Å². The van der Waals surface area contributed by atoms with Crippen molar-refractivity contribution in [2.75, 3.05) is 6.54 Å². The molecule has 0 radical (unpaired) electrons. The van der Waals surface area contributed by atoms with E-state index in [1.54, 1.807) is 0 Å². The molecule has 0 spiro atoms. The zero-order valence-electron chi connectivity index (χ0n) is 12.4. The summed E-state index contributed by atoms with van der Waals surface area (Å²) < 4.78 is 0. The predicted octanol–water partition coefficient (Wildman–Crippen LogP) is 4.08. The number of rotatable bonds is 3. The van der Waals surface area contributed by atoms with Gasteiger partial charge in [-0.25, -0.2) is 0 Å². The van der Waals surface area contributed by atoms with E-state index in [9.17, 15) is 4.79 Å². The lowest BCUT2D eigenvalue weighted by atomic mass is 9.92. The number of ketones is 1. The van der Waals surface area contributed by atoms with Crippen LogP contribution in [-0.4, -0.2) is 18.0 Å². The zero-order valence-corrected chi connectivity index (χ0v) is 12.4. The number of allylic oxidation sites excluding steroid dienone is 1. The maximum absolute atomic E-state index is 12.2. The minimum Gasteiger partial charge on any atom is -0.294 e. The number of hydrogen-bond acceptors (Lipinski definition) is 2. The Morgan fingerprint density at radius 1 is 1.16 bits per heavy atom. The van der Waals surface area contributed by atoms with Crippen LogP contribution in [0.1, 0.15) is 49.2 Å². The molecule has 1 aliphatic heterocycles. The molecule has 2 rings (SSSR count). The van der Waals surface area contributed by atoms with Gasteiger partial charge in [0.25, 0.3) is 0 Å². The van der Waals surface area contributed by atoms with Crippen LogP contribution in [0, 0.1) is 12.8 Å². The Labute approximate surface area is 115 Å². The minimum atomic E-state index is 0.0306. The van der Waals surface area contributed by atoms with Crippen LogP contribution < -0.4 is 0 Å². The summed E-state index contributed by atoms with van der Waals surface area (Å²) in [5.41, 5.74) is 6.63. The molecule has 0 bridgehead atoms. The highest BCUT2D eigenvalue weighted by molar-refractivity contribution is 6.25. The Bertz CT molecular complexity index is 591. The number of hydrogen-bond donors (Lipinski definition) is 0. The third kappa shape index (κ3) is 2.67. The van der Waals surface area contributed by atoms with Crippen LogP contribution in [0.3, 0.4) is 0 Å². The van der Waals surface area contributed by atoms with Crippen molar-refractivity contribution in [3.05, 3.63) is 40.5 Å². The first-order chi connectivity index (χ1) is 8.90. The Morgan fingerprint density at radius 2 is 1.84 bits per heavy atom. The van der Waals surface area contributed by atoms with Gasteiger partial charge in [0.1, 0.15) is 0 Å². The van der Waals surface area contributed by atoms with Gasteiger partial charge in [-0.1, -0.05) is 19.9 Å². The molecule has 1 aliphatic rings. The molecule has 0 saturated carbocycles. The van der Waals surface area contributed by atoms with Crippen molar-refractivity contribution >= 4 is 17.1 Å². The topological polar surface area (TPSA) is 29.4 Å². The molecule has 0 aromatic heterocycles. The number of carbonyl (C=O) groups excluding carboxylic acids is 1. The number of carbonyl (C=O) groups is 1. The van der Waals surface area contributed by atoms with Gasteiger partial charge in [0.05, 0.1) is 6.54 Å². The molecule has 1 aromatic carbocycles. The van der Waals surface area contributed by atoms with E-state index in [-0.39, 0.29) is 11.7 Å². The fourth-order valence-electron chi connectivity index (χ4n) is 2.56. The second kappa shape index (κ2) is 5.12. The molecular weight excluding hydrogens is 234 g/mol. The van der Waals surface area contributed by atoms with Crippen molar-refractivity contribution in [3.8, 4) is 0 Å². The third-order valence-corrected chi connectivity index (χ3v) is 3.52. The van der Waals surface area contributed by atoms with E-state index in [1.807, 2.05) is 39.8 Å². The van der Waals surface area contributed by atoms with Crippen molar-refractivity contribution in [3.63, 3.8) is 0 Å². The predicted molar refractivity (Wildman–Crippen MR) is 80.9 cm³/mol. The molecule has 2 nitrogen and oxygen atoms in total. The van der Waals surface area contributed by atoms with Gasteiger partial charge in [0.2, 0.25) is 0 Å². The first-order valence-corrected chi connectivity index (χ1v) is 6.77. The summed E-state index contributed by atoms with van der Waals surface area (Å²) in [4.78, 5) is 16.7. The molecule has 0 atom stereocenters. The largest absolute Gasteiger partial charge is 0.294 e. The van der Waals surface area contributed by atoms with E-state index in [2.05, 4.69) is 18.0 Å². The Balaban J connectivity index is 2.52. The monoisotopic (exact) mass is 255 g/mol. The second-order valence-corrected chi connectivity index (χ2v) is 5.66. The number of Topliss-reactive ketones (excluding diaryl/α,β-unsaturated/α-hetero) is 1. The molecule has 1 heterocycles. The molecule has 0 amide bonds. The fraction of sp³-hybridized carbons (Fsp3) is 0.412. The average molecular weight is 255 g/mol. The highest BCUT2D eigenvalue weighted by Crippen LogP contribution is 2.27. The number of aliphatic imine (C=N–C) groups is 1. The summed E-state index contributed by atoms with van der Waals surface area (Å²) in [5, 5.41) is 0. The molecule has 19 heavy (non-hydrogen) atoms. The van der Waals surface area contributed by atoms with E-state index >= 15 is 0 Å². The van der Waals surface area contributed by atoms with Gasteiger partial charge < -0.3 is 0 Å². The molecule has 0 N–H and O–H groups in total. The molecule has 2 heteroatoms. The molecule has 100 valence electrons. The van der Waals surface area contributed by atoms with Gasteiger partial charge in [-0.3, -0.25) is 9.79 Å². The summed E-state index contributed by atoms with van der Waals surface area (Å²) >= 11 is 0. The fourth-order valence-corrected chi connectivity index (χ4v) is 2.56. The van der Waals surface area contributed by atoms with Crippen molar-refractivity contribution in [1.82, 2.24) is 0 Å². The van der Waals surface area contributed by atoms with Crippen LogP contribution in [-0.2, 0) is 0 Å². The van der Waals surface area contributed by atoms with Gasteiger partial charge in [-0.05, 0) is 49.6 Å². The molecule has 1 aromatic rings. The van der Waals surface area contributed by atoms with Gasteiger partial charge in [0, 0.05) is 22.8 Å². The van der Waals surface area contributed by atoms with Crippen LogP contribution in [0.5, 0.6) is 0 Å². The van der Waals surface area contributed by atoms with Gasteiger partial charge >= 0.3 is 0 Å². The van der Waals surface area contributed by atoms with Crippen LogP contribution in [0.4, 0.5) is 0 Å². The summed E-state index contributed by atoms with van der Waals surface area (Å²) in [6.45, 7) is 10.9. The van der Waals surface area contributed by atoms with E-state index in [0.717, 1.165) is 28.9 Å². The van der Waals surface area contributed by atoms with Gasteiger partial charge in [-0.15, -0.1) is 0 Å². The lowest BCUT2D eigenvalue weighted by Gasteiger charge is -2.11. The lowest BCUT2D eigenvalue weighted by Crippen LogP contribution is -2.08. The van der Waals surface area contributed by atoms with Crippen molar-refractivity contribution < 1.29 is 4.79 Å². The highest BCUT2D eigenvalue weighted by Gasteiger charge is 2.18. The lowest BCUT2D eigenvalue weighted by molar-refractivity contribution is 0.0939. The Hall–Kier alpha value is -1.70. The van der Waals surface area contributed by atoms with Gasteiger partial charge in [0.15, 0.2) is 5.78 Å². The Morgan fingerprint density at radius 3 is 2.37 bits per heavy atom. The molecule has 0 saturated heterocycles. The standard InChI is InChI=1S/C17H21NO/c1-10(2)17(19)15-7-11(3)6-14(8-15)16-12(4)9-18-13(16)5/h6-8,10H,9H2,1-5H3. The van der Waals surface area contributed by atoms with E-state index in [0.29, 0.717) is 0 Å². The second-order valence-electron chi connectivity index (χ2n) is 5.66. The van der Waals surface area contributed by atoms with Crippen LogP contribution in [0.2, 0.25) is 0 Å². The number of aryl methyl sites for hydroxylation is 1. The van der Waals surface area contributed by atoms with Crippen LogP contribution >= 0.6 is 0 Å². The number of benzene rings is 1. The summed E-state index contributed by atoms with van der Waals surface area (Å²) in [6.07, 6.45) is 0. The zero-order chi connectivity index (χ0) is 14.2. The van der Waals surface area contributed by atoms with Gasteiger partial charge in [-0.2, -0.15) is 0 Å². The summed E-state index contributed by atoms with van der Waals surface area (Å²) in [6, 6.07) is 6.13. The third-order valence-electron chi connectivity index (χ3n) is 3.52. The number of nitrogens with zero attached hydrogens (tertiary/aromatic N) is 1. The van der Waals surface area contributed by atoms with Crippen LogP contribution in [0.15, 0.2) is 28.8 Å². The van der Waals surface area contributed by atoms with Crippen molar-refractivity contribution in [2.24, 2.45) is 10.9 Å². The molecule has 0 aliphatic carbocycles. The summed E-state index contributed by atoms with van der Waals surface area (Å²) in [7, 11) is 0. The quantitative estimate of drug-likeness (QED) is 0.748. The SMILES string of the molecule is CC1=NCC(C)=C1c1cc(C)cc(C(=O)C(C)C)c1. The average Bonchev–Trinajstić information content (AvgIpc) is 2.67. The normalized spacial score (nSPS) is 15.2. The first kappa shape index (κ1) is 13.7. The minimum absolute atomic E-state index is 0.0306. The van der Waals surface area contributed by atoms with E-state index in [4.69, 9.17) is 0 Å². The molecule has 0 unspecified atom stereocenters.